The van der Waals surface area contributed by atoms with Crippen LogP contribution in [0.3, 0.4) is 0 Å². The van der Waals surface area contributed by atoms with Crippen LogP contribution in [0.4, 0.5) is 0 Å². The van der Waals surface area contributed by atoms with Crippen molar-refractivity contribution in [2.75, 3.05) is 6.54 Å². The number of hydrogen-bond donors (Lipinski definition) is 2. The van der Waals surface area contributed by atoms with E-state index in [4.69, 9.17) is 5.11 Å². The Bertz CT molecular complexity index is 440. The van der Waals surface area contributed by atoms with Gasteiger partial charge in [-0.25, -0.2) is 0 Å². The molecule has 1 aromatic heterocycles. The van der Waals surface area contributed by atoms with E-state index in [1.807, 2.05) is 18.4 Å². The summed E-state index contributed by atoms with van der Waals surface area (Å²) in [5.74, 6) is -0.509. The summed E-state index contributed by atoms with van der Waals surface area (Å²) >= 11 is 1.41. The van der Waals surface area contributed by atoms with E-state index in [0.717, 1.165) is 12.0 Å². The lowest BCUT2D eigenvalue weighted by Crippen LogP contribution is -2.30. The van der Waals surface area contributed by atoms with Crippen molar-refractivity contribution in [3.8, 4) is 0 Å². The molecule has 1 atom stereocenters. The highest BCUT2D eigenvalue weighted by Crippen LogP contribution is 2.17. The summed E-state index contributed by atoms with van der Waals surface area (Å²) in [6.45, 7) is 6.43. The largest absolute Gasteiger partial charge is 0.481 e. The van der Waals surface area contributed by atoms with Crippen LogP contribution in [0.25, 0.3) is 0 Å². The molecule has 0 unspecified atom stereocenters. The molecule has 1 rings (SSSR count). The quantitative estimate of drug-likeness (QED) is 0.808. The third kappa shape index (κ3) is 5.42. The first-order valence-electron chi connectivity index (χ1n) is 6.44. The van der Waals surface area contributed by atoms with E-state index in [0.29, 0.717) is 17.3 Å². The van der Waals surface area contributed by atoms with Crippen LogP contribution in [-0.4, -0.2) is 23.5 Å². The fourth-order valence-corrected chi connectivity index (χ4v) is 2.92. The minimum Gasteiger partial charge on any atom is -0.481 e. The zero-order valence-corrected chi connectivity index (χ0v) is 12.4. The van der Waals surface area contributed by atoms with Gasteiger partial charge in [0.15, 0.2) is 0 Å². The van der Waals surface area contributed by atoms with E-state index >= 15 is 0 Å². The number of carbonyl (C=O) groups is 2. The van der Waals surface area contributed by atoms with Crippen LogP contribution in [0.1, 0.15) is 41.9 Å². The topological polar surface area (TPSA) is 66.4 Å². The van der Waals surface area contributed by atoms with E-state index in [2.05, 4.69) is 19.2 Å². The molecule has 0 aliphatic heterocycles. The van der Waals surface area contributed by atoms with Crippen molar-refractivity contribution in [3.05, 3.63) is 21.9 Å². The Labute approximate surface area is 117 Å². The number of carboxylic acid groups (broad SMARTS) is 1. The van der Waals surface area contributed by atoms with Crippen LogP contribution in [0.15, 0.2) is 11.4 Å². The van der Waals surface area contributed by atoms with E-state index in [1.54, 1.807) is 0 Å². The van der Waals surface area contributed by atoms with Gasteiger partial charge in [-0.2, -0.15) is 0 Å². The Morgan fingerprint density at radius 3 is 2.58 bits per heavy atom. The van der Waals surface area contributed by atoms with Crippen LogP contribution in [-0.2, 0) is 4.79 Å². The zero-order chi connectivity index (χ0) is 14.4. The van der Waals surface area contributed by atoms with Crippen molar-refractivity contribution < 1.29 is 14.7 Å². The average molecular weight is 283 g/mol. The summed E-state index contributed by atoms with van der Waals surface area (Å²) in [5.41, 5.74) is 0.959. The highest BCUT2D eigenvalue weighted by molar-refractivity contribution is 7.12. The van der Waals surface area contributed by atoms with Crippen molar-refractivity contribution in [2.24, 2.45) is 11.8 Å². The predicted molar refractivity (Wildman–Crippen MR) is 76.6 cm³/mol. The second-order valence-corrected chi connectivity index (χ2v) is 6.15. The summed E-state index contributed by atoms with van der Waals surface area (Å²) in [6, 6.07) is 1.91. The minimum absolute atomic E-state index is 0.0123. The molecule has 0 saturated carbocycles. The molecular formula is C14H21NO3S. The number of carboxylic acids is 1. The van der Waals surface area contributed by atoms with Gasteiger partial charge >= 0.3 is 5.97 Å². The molecule has 1 heterocycles. The van der Waals surface area contributed by atoms with E-state index in [-0.39, 0.29) is 18.2 Å². The molecule has 0 saturated heterocycles. The molecule has 106 valence electrons. The van der Waals surface area contributed by atoms with Crippen LogP contribution in [0.2, 0.25) is 0 Å². The first kappa shape index (κ1) is 15.7. The number of nitrogens with one attached hydrogen (secondary N) is 1. The second-order valence-electron chi connectivity index (χ2n) is 5.24. The standard InChI is InChI=1S/C14H21NO3S/c1-9(2)6-11(7-12(16)17)8-15-14(18)13-10(3)4-5-19-13/h4-5,9,11H,6-8H2,1-3H3,(H,15,18)(H,16,17)/t11-/m0/s1. The predicted octanol–water partition coefficient (Wildman–Crippen LogP) is 2.92. The Hall–Kier alpha value is -1.36. The maximum atomic E-state index is 12.0. The van der Waals surface area contributed by atoms with Gasteiger partial charge < -0.3 is 10.4 Å². The van der Waals surface area contributed by atoms with E-state index in [1.165, 1.54) is 11.3 Å². The zero-order valence-electron chi connectivity index (χ0n) is 11.6. The third-order valence-corrected chi connectivity index (χ3v) is 3.90. The van der Waals surface area contributed by atoms with Crippen molar-refractivity contribution in [1.82, 2.24) is 5.32 Å². The fraction of sp³-hybridized carbons (Fsp3) is 0.571. The van der Waals surface area contributed by atoms with Crippen LogP contribution in [0, 0.1) is 18.8 Å². The maximum Gasteiger partial charge on any atom is 0.303 e. The smallest absolute Gasteiger partial charge is 0.303 e. The SMILES string of the molecule is Cc1ccsc1C(=O)NC[C@H](CC(=O)O)CC(C)C. The molecule has 0 spiro atoms. The maximum absolute atomic E-state index is 12.0. The van der Waals surface area contributed by atoms with Gasteiger partial charge in [-0.1, -0.05) is 13.8 Å². The monoisotopic (exact) mass is 283 g/mol. The van der Waals surface area contributed by atoms with Crippen molar-refractivity contribution in [1.29, 1.82) is 0 Å². The summed E-state index contributed by atoms with van der Waals surface area (Å²) in [5, 5.41) is 13.6. The van der Waals surface area contributed by atoms with Crippen LogP contribution < -0.4 is 5.32 Å². The molecule has 0 aliphatic rings. The average Bonchev–Trinajstić information content (AvgIpc) is 2.70. The lowest BCUT2D eigenvalue weighted by atomic mass is 9.94. The molecule has 4 nitrogen and oxygen atoms in total. The first-order chi connectivity index (χ1) is 8.90. The normalized spacial score (nSPS) is 12.4. The Balaban J connectivity index is 2.53. The highest BCUT2D eigenvalue weighted by Gasteiger charge is 2.17. The van der Waals surface area contributed by atoms with Gasteiger partial charge in [-0.05, 0) is 42.2 Å². The number of aryl methyl sites for hydroxylation is 1. The van der Waals surface area contributed by atoms with Crippen LogP contribution >= 0.6 is 11.3 Å². The lowest BCUT2D eigenvalue weighted by molar-refractivity contribution is -0.138. The van der Waals surface area contributed by atoms with Crippen molar-refractivity contribution in [3.63, 3.8) is 0 Å². The summed E-state index contributed by atoms with van der Waals surface area (Å²) < 4.78 is 0. The molecule has 5 heteroatoms. The second kappa shape index (κ2) is 7.28. The molecule has 19 heavy (non-hydrogen) atoms. The fourth-order valence-electron chi connectivity index (χ4n) is 2.08. The molecule has 1 aromatic rings. The van der Waals surface area contributed by atoms with Gasteiger partial charge in [0.05, 0.1) is 4.88 Å². The Kier molecular flexibility index (Phi) is 6.02. The summed E-state index contributed by atoms with van der Waals surface area (Å²) in [4.78, 5) is 23.5. The number of aliphatic carboxylic acids is 1. The lowest BCUT2D eigenvalue weighted by Gasteiger charge is -2.17. The number of thiophene rings is 1. The summed E-state index contributed by atoms with van der Waals surface area (Å²) in [7, 11) is 0. The van der Waals surface area contributed by atoms with E-state index in [9.17, 15) is 9.59 Å². The Morgan fingerprint density at radius 1 is 1.42 bits per heavy atom. The number of hydrogen-bond acceptors (Lipinski definition) is 3. The molecule has 0 aromatic carbocycles. The van der Waals surface area contributed by atoms with Gasteiger partial charge in [0.2, 0.25) is 0 Å². The van der Waals surface area contributed by atoms with Gasteiger partial charge in [0.25, 0.3) is 5.91 Å². The Morgan fingerprint density at radius 2 is 2.11 bits per heavy atom. The number of amides is 1. The molecule has 0 radical (unpaired) electrons. The van der Waals surface area contributed by atoms with Gasteiger partial charge in [0.1, 0.15) is 0 Å². The molecule has 0 aliphatic carbocycles. The third-order valence-electron chi connectivity index (χ3n) is 2.89. The molecular weight excluding hydrogens is 262 g/mol. The van der Waals surface area contributed by atoms with Gasteiger partial charge in [0, 0.05) is 13.0 Å². The molecule has 2 N–H and O–H groups in total. The van der Waals surface area contributed by atoms with Crippen molar-refractivity contribution in [2.45, 2.75) is 33.6 Å². The minimum atomic E-state index is -0.813. The number of rotatable bonds is 7. The molecule has 1 amide bonds. The molecule has 0 bridgehead atoms. The summed E-state index contributed by atoms with van der Waals surface area (Å²) in [6.07, 6.45) is 0.901. The highest BCUT2D eigenvalue weighted by atomic mass is 32.1. The van der Waals surface area contributed by atoms with Crippen LogP contribution in [0.5, 0.6) is 0 Å². The number of carbonyl (C=O) groups excluding carboxylic acids is 1. The van der Waals surface area contributed by atoms with E-state index < -0.39 is 5.97 Å². The van der Waals surface area contributed by atoms with Crippen molar-refractivity contribution >= 4 is 23.2 Å². The van der Waals surface area contributed by atoms with Gasteiger partial charge in [-0.15, -0.1) is 11.3 Å². The molecule has 0 fully saturated rings. The first-order valence-corrected chi connectivity index (χ1v) is 7.32. The van der Waals surface area contributed by atoms with Gasteiger partial charge in [-0.3, -0.25) is 9.59 Å².